The molecule has 0 aromatic heterocycles. The van der Waals surface area contributed by atoms with Crippen molar-refractivity contribution >= 4 is 16.0 Å². The average molecular weight is 376 g/mol. The fourth-order valence-electron chi connectivity index (χ4n) is 2.69. The zero-order valence-electron chi connectivity index (χ0n) is 14.9. The van der Waals surface area contributed by atoms with Crippen LogP contribution in [0.2, 0.25) is 0 Å². The lowest BCUT2D eigenvalue weighted by Crippen LogP contribution is -3.23. The Balaban J connectivity index is 1.59. The van der Waals surface area contributed by atoms with Gasteiger partial charge >= 0.3 is 16.0 Å². The minimum absolute atomic E-state index is 0.243. The Bertz CT molecular complexity index is 878. The zero-order chi connectivity index (χ0) is 18.6. The van der Waals surface area contributed by atoms with Gasteiger partial charge in [0.05, 0.1) is 7.11 Å². The number of nitrogens with one attached hydrogen (secondary N) is 4. The fraction of sp³-hybridized carbons (Fsp3) is 0.278. The maximum Gasteiger partial charge on any atom is 0.367 e. The lowest BCUT2D eigenvalue weighted by molar-refractivity contribution is -0.991. The highest BCUT2D eigenvalue weighted by Gasteiger charge is 2.26. The van der Waals surface area contributed by atoms with Crippen molar-refractivity contribution in [3.8, 4) is 5.75 Å². The molecule has 1 aliphatic heterocycles. The molecule has 1 heterocycles. The number of quaternary nitrogens is 1. The summed E-state index contributed by atoms with van der Waals surface area (Å²) in [6.07, 6.45) is 0. The van der Waals surface area contributed by atoms with E-state index in [0.29, 0.717) is 19.3 Å². The number of benzene rings is 2. The maximum absolute atomic E-state index is 12.4. The molecule has 1 atom stereocenters. The van der Waals surface area contributed by atoms with Crippen molar-refractivity contribution < 1.29 is 23.0 Å². The van der Waals surface area contributed by atoms with Crippen molar-refractivity contribution in [1.29, 1.82) is 0 Å². The molecule has 0 aliphatic carbocycles. The molecular formula is C18H24N4O3S+2. The molecule has 0 bridgehead atoms. The van der Waals surface area contributed by atoms with E-state index in [4.69, 9.17) is 4.74 Å². The predicted octanol–water partition coefficient (Wildman–Crippen LogP) is -1.68. The van der Waals surface area contributed by atoms with Gasteiger partial charge in [-0.1, -0.05) is 17.7 Å². The molecule has 1 aliphatic rings. The molecule has 0 saturated heterocycles. The van der Waals surface area contributed by atoms with Crippen LogP contribution in [-0.2, 0) is 16.6 Å². The summed E-state index contributed by atoms with van der Waals surface area (Å²) in [7, 11) is -1.95. The van der Waals surface area contributed by atoms with E-state index in [2.05, 4.69) is 15.0 Å². The van der Waals surface area contributed by atoms with Gasteiger partial charge in [-0.2, -0.15) is 13.1 Å². The van der Waals surface area contributed by atoms with Crippen LogP contribution in [0.4, 0.5) is 0 Å². The molecule has 2 aromatic carbocycles. The van der Waals surface area contributed by atoms with Gasteiger partial charge in [-0.25, -0.2) is 10.3 Å². The highest BCUT2D eigenvalue weighted by Crippen LogP contribution is 2.10. The Morgan fingerprint density at radius 3 is 2.42 bits per heavy atom. The molecule has 0 spiro atoms. The smallest absolute Gasteiger partial charge is 0.367 e. The van der Waals surface area contributed by atoms with Crippen molar-refractivity contribution in [3.05, 3.63) is 59.7 Å². The third-order valence-corrected chi connectivity index (χ3v) is 5.58. The molecular weight excluding hydrogens is 352 g/mol. The largest absolute Gasteiger partial charge is 0.497 e. The minimum Gasteiger partial charge on any atom is -0.497 e. The molecule has 26 heavy (non-hydrogen) atoms. The van der Waals surface area contributed by atoms with Gasteiger partial charge in [0.2, 0.25) is 0 Å². The number of guanidine groups is 1. The Labute approximate surface area is 153 Å². The van der Waals surface area contributed by atoms with Crippen LogP contribution in [0.25, 0.3) is 0 Å². The molecule has 3 rings (SSSR count). The first-order valence-electron chi connectivity index (χ1n) is 8.37. The lowest BCUT2D eigenvalue weighted by atomic mass is 10.2. The summed E-state index contributed by atoms with van der Waals surface area (Å²) in [6.45, 7) is 3.97. The minimum atomic E-state index is -3.60. The average Bonchev–Trinajstić information content (AvgIpc) is 2.64. The van der Waals surface area contributed by atoms with E-state index in [-0.39, 0.29) is 4.90 Å². The summed E-state index contributed by atoms with van der Waals surface area (Å²) in [5, 5.41) is 3.10. The second-order valence-electron chi connectivity index (χ2n) is 6.28. The number of ether oxygens (including phenoxy) is 1. The third-order valence-electron chi connectivity index (χ3n) is 4.21. The van der Waals surface area contributed by atoms with E-state index in [0.717, 1.165) is 17.9 Å². The monoisotopic (exact) mass is 376 g/mol. The third kappa shape index (κ3) is 4.53. The van der Waals surface area contributed by atoms with Gasteiger partial charge in [-0.05, 0) is 43.3 Å². The second kappa shape index (κ2) is 7.76. The SMILES string of the molecule is COc1ccc(C[NH+]2CNC(NS(=O)(=O)c3ccc(C)cc3)=[NH+]C2)cc1. The van der Waals surface area contributed by atoms with Crippen LogP contribution in [0.3, 0.4) is 0 Å². The van der Waals surface area contributed by atoms with Crippen LogP contribution in [0, 0.1) is 6.92 Å². The van der Waals surface area contributed by atoms with Gasteiger partial charge in [-0.15, -0.1) is 0 Å². The van der Waals surface area contributed by atoms with Crippen LogP contribution in [0.5, 0.6) is 5.75 Å². The molecule has 0 amide bonds. The summed E-state index contributed by atoms with van der Waals surface area (Å²) in [5.74, 6) is 1.24. The molecule has 7 nitrogen and oxygen atoms in total. The number of sulfonamides is 1. The predicted molar refractivity (Wildman–Crippen MR) is 98.0 cm³/mol. The highest BCUT2D eigenvalue weighted by molar-refractivity contribution is 7.90. The van der Waals surface area contributed by atoms with E-state index >= 15 is 0 Å². The van der Waals surface area contributed by atoms with Crippen molar-refractivity contribution in [2.75, 3.05) is 20.4 Å². The van der Waals surface area contributed by atoms with Gasteiger partial charge < -0.3 is 4.74 Å². The van der Waals surface area contributed by atoms with E-state index in [1.165, 1.54) is 10.5 Å². The number of aryl methyl sites for hydroxylation is 1. The zero-order valence-corrected chi connectivity index (χ0v) is 15.7. The van der Waals surface area contributed by atoms with Gasteiger partial charge in [-0.3, -0.25) is 4.90 Å². The van der Waals surface area contributed by atoms with Crippen molar-refractivity contribution in [3.63, 3.8) is 0 Å². The quantitative estimate of drug-likeness (QED) is 0.502. The summed E-state index contributed by atoms with van der Waals surface area (Å²) < 4.78 is 32.6. The van der Waals surface area contributed by atoms with Crippen molar-refractivity contribution in [2.45, 2.75) is 18.4 Å². The Kier molecular flexibility index (Phi) is 5.43. The summed E-state index contributed by atoms with van der Waals surface area (Å²) >= 11 is 0. The fourth-order valence-corrected chi connectivity index (χ4v) is 3.72. The summed E-state index contributed by atoms with van der Waals surface area (Å²) in [4.78, 5) is 4.59. The molecule has 8 heteroatoms. The Morgan fingerprint density at radius 1 is 1.15 bits per heavy atom. The number of methoxy groups -OCH3 is 1. The molecule has 4 N–H and O–H groups in total. The van der Waals surface area contributed by atoms with Gasteiger partial charge in [0.25, 0.3) is 0 Å². The topological polar surface area (TPSA) is 85.8 Å². The van der Waals surface area contributed by atoms with Crippen molar-refractivity contribution in [1.82, 2.24) is 10.0 Å². The maximum atomic E-state index is 12.4. The molecule has 1 unspecified atom stereocenters. The van der Waals surface area contributed by atoms with Crippen LogP contribution in [0.15, 0.2) is 53.4 Å². The van der Waals surface area contributed by atoms with E-state index in [9.17, 15) is 8.42 Å². The first-order chi connectivity index (χ1) is 12.5. The standard InChI is InChI=1S/C18H22N4O3S/c1-14-3-9-17(10-4-14)26(23,24)21-18-19-12-22(13-20-18)11-15-5-7-16(25-2)8-6-15/h3-10H,11-13H2,1-2H3,(H2,19,20,21)/p+2. The number of hydrogen-bond acceptors (Lipinski definition) is 4. The molecule has 0 saturated carbocycles. The van der Waals surface area contributed by atoms with E-state index in [1.807, 2.05) is 31.2 Å². The highest BCUT2D eigenvalue weighted by atomic mass is 32.2. The van der Waals surface area contributed by atoms with Gasteiger partial charge in [0.15, 0.2) is 13.3 Å². The molecule has 138 valence electrons. The molecule has 0 radical (unpaired) electrons. The van der Waals surface area contributed by atoms with Crippen LogP contribution in [0.1, 0.15) is 11.1 Å². The first kappa shape index (κ1) is 18.2. The van der Waals surface area contributed by atoms with Crippen molar-refractivity contribution in [2.24, 2.45) is 0 Å². The van der Waals surface area contributed by atoms with Gasteiger partial charge in [0.1, 0.15) is 17.2 Å². The van der Waals surface area contributed by atoms with Crippen LogP contribution >= 0.6 is 0 Å². The Hall–Kier alpha value is -2.58. The number of rotatable bonds is 5. The van der Waals surface area contributed by atoms with E-state index in [1.54, 1.807) is 31.4 Å². The van der Waals surface area contributed by atoms with Crippen LogP contribution in [-0.4, -0.2) is 34.8 Å². The van der Waals surface area contributed by atoms with Crippen LogP contribution < -0.4 is 24.7 Å². The summed E-state index contributed by atoms with van der Waals surface area (Å²) in [6, 6.07) is 14.7. The lowest BCUT2D eigenvalue weighted by Gasteiger charge is -2.20. The number of hydrogen-bond donors (Lipinski definition) is 4. The summed E-state index contributed by atoms with van der Waals surface area (Å²) in [5.41, 5.74) is 2.20. The van der Waals surface area contributed by atoms with Gasteiger partial charge in [0, 0.05) is 5.56 Å². The Morgan fingerprint density at radius 2 is 1.85 bits per heavy atom. The second-order valence-corrected chi connectivity index (χ2v) is 7.96. The normalized spacial score (nSPS) is 17.2. The molecule has 0 fully saturated rings. The molecule has 2 aromatic rings. The first-order valence-corrected chi connectivity index (χ1v) is 9.85. The van der Waals surface area contributed by atoms with E-state index < -0.39 is 10.0 Å².